The standard InChI is InChI=1S/C5H10N2S/c1-6-5-7-3-4-8-2/h3-5H,1-2H3,(H,6,7)/b4-3+. The molecule has 0 bridgehead atoms. The zero-order chi connectivity index (χ0) is 6.24. The average molecular weight is 130 g/mol. The van der Waals surface area contributed by atoms with Crippen LogP contribution in [0, 0.1) is 0 Å². The molecule has 0 saturated carbocycles. The Morgan fingerprint density at radius 2 is 2.38 bits per heavy atom. The van der Waals surface area contributed by atoms with E-state index in [0.717, 1.165) is 0 Å². The van der Waals surface area contributed by atoms with E-state index in [2.05, 4.69) is 10.3 Å². The Hall–Kier alpha value is -0.440. The van der Waals surface area contributed by atoms with Crippen molar-refractivity contribution in [3.63, 3.8) is 0 Å². The summed E-state index contributed by atoms with van der Waals surface area (Å²) >= 11 is 1.65. The van der Waals surface area contributed by atoms with Gasteiger partial charge in [-0.1, -0.05) is 0 Å². The van der Waals surface area contributed by atoms with Crippen LogP contribution in [0.15, 0.2) is 16.6 Å². The zero-order valence-electron chi connectivity index (χ0n) is 5.09. The minimum Gasteiger partial charge on any atom is -0.353 e. The number of hydrogen-bond acceptors (Lipinski definition) is 2. The molecule has 0 amide bonds. The lowest BCUT2D eigenvalue weighted by atomic mass is 11.0. The smallest absolute Gasteiger partial charge is 0.0860 e. The molecule has 0 heterocycles. The van der Waals surface area contributed by atoms with Gasteiger partial charge in [-0.2, -0.15) is 0 Å². The van der Waals surface area contributed by atoms with Crippen molar-refractivity contribution in [2.75, 3.05) is 13.3 Å². The normalized spacial score (nSPS) is 11.2. The number of thioether (sulfide) groups is 1. The fourth-order valence-electron chi connectivity index (χ4n) is 0.225. The van der Waals surface area contributed by atoms with Crippen LogP contribution >= 0.6 is 11.8 Å². The molecule has 0 aliphatic heterocycles. The molecule has 0 fully saturated rings. The first-order valence-corrected chi connectivity index (χ1v) is 3.55. The third kappa shape index (κ3) is 5.56. The van der Waals surface area contributed by atoms with Gasteiger partial charge in [0.25, 0.3) is 0 Å². The molecule has 46 valence electrons. The van der Waals surface area contributed by atoms with Crippen molar-refractivity contribution in [3.05, 3.63) is 11.6 Å². The van der Waals surface area contributed by atoms with Gasteiger partial charge in [-0.05, 0) is 11.7 Å². The number of aliphatic imine (C=N–C) groups is 1. The highest BCUT2D eigenvalue weighted by atomic mass is 32.2. The average Bonchev–Trinajstić information content (AvgIpc) is 1.81. The number of hydrogen-bond donors (Lipinski definition) is 1. The Labute approximate surface area is 54.1 Å². The zero-order valence-corrected chi connectivity index (χ0v) is 5.90. The Bertz CT molecular complexity index is 88.4. The fraction of sp³-hybridized carbons (Fsp3) is 0.400. The molecule has 0 spiro atoms. The summed E-state index contributed by atoms with van der Waals surface area (Å²) in [5.74, 6) is 0. The van der Waals surface area contributed by atoms with E-state index in [1.54, 1.807) is 25.1 Å². The van der Waals surface area contributed by atoms with Crippen LogP contribution < -0.4 is 5.32 Å². The Morgan fingerprint density at radius 1 is 1.62 bits per heavy atom. The highest BCUT2D eigenvalue weighted by Crippen LogP contribution is 1.89. The minimum atomic E-state index is 1.63. The highest BCUT2D eigenvalue weighted by molar-refractivity contribution is 8.01. The Kier molecular flexibility index (Phi) is 6.20. The van der Waals surface area contributed by atoms with Crippen molar-refractivity contribution in [1.29, 1.82) is 0 Å². The van der Waals surface area contributed by atoms with Gasteiger partial charge >= 0.3 is 0 Å². The minimum absolute atomic E-state index is 1.63. The molecule has 0 radical (unpaired) electrons. The summed E-state index contributed by atoms with van der Waals surface area (Å²) in [6.45, 7) is 0. The Balaban J connectivity index is 3.03. The van der Waals surface area contributed by atoms with E-state index >= 15 is 0 Å². The molecule has 0 unspecified atom stereocenters. The van der Waals surface area contributed by atoms with E-state index in [1.807, 2.05) is 17.9 Å². The van der Waals surface area contributed by atoms with Crippen molar-refractivity contribution in [2.24, 2.45) is 4.99 Å². The van der Waals surface area contributed by atoms with Crippen LogP contribution in [0.5, 0.6) is 0 Å². The summed E-state index contributed by atoms with van der Waals surface area (Å²) in [6.07, 6.45) is 5.46. The summed E-state index contributed by atoms with van der Waals surface area (Å²) in [5.41, 5.74) is 0. The second-order valence-corrected chi connectivity index (χ2v) is 1.84. The van der Waals surface area contributed by atoms with Gasteiger partial charge in [-0.15, -0.1) is 11.8 Å². The first-order valence-electron chi connectivity index (χ1n) is 2.26. The van der Waals surface area contributed by atoms with Gasteiger partial charge < -0.3 is 5.32 Å². The van der Waals surface area contributed by atoms with Gasteiger partial charge in [0.1, 0.15) is 0 Å². The molecular weight excluding hydrogens is 120 g/mol. The molecule has 0 aromatic carbocycles. The molecule has 2 nitrogen and oxygen atoms in total. The van der Waals surface area contributed by atoms with E-state index in [0.29, 0.717) is 0 Å². The predicted molar refractivity (Wildman–Crippen MR) is 40.2 cm³/mol. The van der Waals surface area contributed by atoms with E-state index in [9.17, 15) is 0 Å². The fourth-order valence-corrected chi connectivity index (χ4v) is 0.440. The SMILES string of the molecule is CN=CN/C=C/SC. The van der Waals surface area contributed by atoms with E-state index in [1.165, 1.54) is 0 Å². The highest BCUT2D eigenvalue weighted by Gasteiger charge is 1.62. The third-order valence-corrected chi connectivity index (χ3v) is 0.912. The maximum absolute atomic E-state index is 3.71. The first kappa shape index (κ1) is 7.56. The molecule has 0 aliphatic rings. The number of nitrogens with one attached hydrogen (secondary N) is 1. The van der Waals surface area contributed by atoms with Crippen molar-refractivity contribution in [2.45, 2.75) is 0 Å². The molecular formula is C5H10N2S. The molecule has 0 rings (SSSR count). The van der Waals surface area contributed by atoms with Crippen molar-refractivity contribution in [1.82, 2.24) is 5.32 Å². The number of rotatable bonds is 3. The van der Waals surface area contributed by atoms with E-state index in [-0.39, 0.29) is 0 Å². The lowest BCUT2D eigenvalue weighted by molar-refractivity contribution is 1.29. The maximum Gasteiger partial charge on any atom is 0.0860 e. The quantitative estimate of drug-likeness (QED) is 0.456. The maximum atomic E-state index is 3.71. The molecule has 0 atom stereocenters. The lowest BCUT2D eigenvalue weighted by Crippen LogP contribution is -1.98. The van der Waals surface area contributed by atoms with Gasteiger partial charge in [0.05, 0.1) is 6.34 Å². The molecule has 0 aromatic rings. The molecule has 0 aromatic heterocycles. The number of nitrogens with zero attached hydrogens (tertiary/aromatic N) is 1. The lowest BCUT2D eigenvalue weighted by Gasteiger charge is -1.83. The van der Waals surface area contributed by atoms with Gasteiger partial charge in [-0.25, -0.2) is 0 Å². The second kappa shape index (κ2) is 6.56. The van der Waals surface area contributed by atoms with Crippen LogP contribution in [-0.2, 0) is 0 Å². The van der Waals surface area contributed by atoms with Gasteiger partial charge in [0.15, 0.2) is 0 Å². The molecule has 0 saturated heterocycles. The second-order valence-electron chi connectivity index (χ2n) is 1.09. The van der Waals surface area contributed by atoms with Crippen LogP contribution in [0.2, 0.25) is 0 Å². The summed E-state index contributed by atoms with van der Waals surface area (Å²) < 4.78 is 0. The molecule has 0 aliphatic carbocycles. The van der Waals surface area contributed by atoms with E-state index < -0.39 is 0 Å². The van der Waals surface area contributed by atoms with Crippen molar-refractivity contribution < 1.29 is 0 Å². The van der Waals surface area contributed by atoms with Crippen molar-refractivity contribution >= 4 is 18.1 Å². The third-order valence-electron chi connectivity index (χ3n) is 0.504. The van der Waals surface area contributed by atoms with Crippen molar-refractivity contribution in [3.8, 4) is 0 Å². The molecule has 3 heteroatoms. The Morgan fingerprint density at radius 3 is 2.88 bits per heavy atom. The van der Waals surface area contributed by atoms with E-state index in [4.69, 9.17) is 0 Å². The summed E-state index contributed by atoms with van der Waals surface area (Å²) in [6, 6.07) is 0. The summed E-state index contributed by atoms with van der Waals surface area (Å²) in [7, 11) is 1.72. The molecule has 8 heavy (non-hydrogen) atoms. The molecule has 1 N–H and O–H groups in total. The van der Waals surface area contributed by atoms with Gasteiger partial charge in [0, 0.05) is 13.2 Å². The van der Waals surface area contributed by atoms with Gasteiger partial charge in [0.2, 0.25) is 0 Å². The first-order chi connectivity index (χ1) is 3.91. The summed E-state index contributed by atoms with van der Waals surface area (Å²) in [5, 5.41) is 4.79. The monoisotopic (exact) mass is 130 g/mol. The van der Waals surface area contributed by atoms with Crippen LogP contribution in [0.1, 0.15) is 0 Å². The van der Waals surface area contributed by atoms with Crippen LogP contribution in [0.4, 0.5) is 0 Å². The van der Waals surface area contributed by atoms with Gasteiger partial charge in [-0.3, -0.25) is 4.99 Å². The predicted octanol–water partition coefficient (Wildman–Crippen LogP) is 1.07. The van der Waals surface area contributed by atoms with Crippen LogP contribution in [-0.4, -0.2) is 19.6 Å². The van der Waals surface area contributed by atoms with Crippen LogP contribution in [0.3, 0.4) is 0 Å². The topological polar surface area (TPSA) is 24.4 Å². The summed E-state index contributed by atoms with van der Waals surface area (Å²) in [4.78, 5) is 3.71. The van der Waals surface area contributed by atoms with Crippen LogP contribution in [0.25, 0.3) is 0 Å². The largest absolute Gasteiger partial charge is 0.353 e.